The van der Waals surface area contributed by atoms with Gasteiger partial charge < -0.3 is 14.6 Å². The first-order valence-electron chi connectivity index (χ1n) is 6.42. The van der Waals surface area contributed by atoms with E-state index < -0.39 is 5.97 Å². The van der Waals surface area contributed by atoms with E-state index in [1.54, 1.807) is 37.1 Å². The fourth-order valence-corrected chi connectivity index (χ4v) is 2.56. The van der Waals surface area contributed by atoms with Crippen LogP contribution in [0, 0.1) is 0 Å². The van der Waals surface area contributed by atoms with Gasteiger partial charge in [-0.25, -0.2) is 4.79 Å². The molecule has 0 aliphatic rings. The van der Waals surface area contributed by atoms with E-state index in [9.17, 15) is 4.79 Å². The molecule has 0 spiro atoms. The van der Waals surface area contributed by atoms with Crippen molar-refractivity contribution in [2.24, 2.45) is 0 Å². The minimum atomic E-state index is -0.914. The maximum absolute atomic E-state index is 10.9. The zero-order valence-corrected chi connectivity index (χ0v) is 12.4. The molecule has 0 fully saturated rings. The van der Waals surface area contributed by atoms with Crippen LogP contribution in [-0.4, -0.2) is 30.5 Å². The average molecular weight is 304 g/mol. The summed E-state index contributed by atoms with van der Waals surface area (Å²) in [4.78, 5) is 11.8. The maximum atomic E-state index is 10.9. The monoisotopic (exact) mass is 304 g/mol. The van der Waals surface area contributed by atoms with Gasteiger partial charge in [-0.2, -0.15) is 0 Å². The molecule has 0 aliphatic carbocycles. The van der Waals surface area contributed by atoms with E-state index >= 15 is 0 Å². The summed E-state index contributed by atoms with van der Waals surface area (Å²) >= 11 is 1.56. The van der Waals surface area contributed by atoms with Crippen LogP contribution in [0.5, 0.6) is 11.5 Å². The van der Waals surface area contributed by atoms with Crippen LogP contribution >= 0.6 is 11.8 Å². The van der Waals surface area contributed by atoms with E-state index in [0.717, 1.165) is 10.6 Å². The minimum Gasteiger partial charge on any atom is -0.493 e. The third-order valence-electron chi connectivity index (χ3n) is 2.76. The summed E-state index contributed by atoms with van der Waals surface area (Å²) in [6.07, 6.45) is 0. The van der Waals surface area contributed by atoms with Crippen molar-refractivity contribution in [1.29, 1.82) is 0 Å². The molecular weight excluding hydrogens is 288 g/mol. The molecule has 0 aliphatic heterocycles. The van der Waals surface area contributed by atoms with Gasteiger partial charge in [0.15, 0.2) is 11.5 Å². The van der Waals surface area contributed by atoms with Gasteiger partial charge in [-0.1, -0.05) is 18.2 Å². The second-order valence-corrected chi connectivity index (χ2v) is 5.35. The Kier molecular flexibility index (Phi) is 5.51. The Morgan fingerprint density at radius 3 is 2.62 bits per heavy atom. The topological polar surface area (TPSA) is 55.8 Å². The number of para-hydroxylation sites is 2. The van der Waals surface area contributed by atoms with Crippen molar-refractivity contribution in [1.82, 2.24) is 0 Å². The SMILES string of the molecule is COc1ccccc1OCCSc1cccc(C(=O)O)c1. The number of benzene rings is 2. The second kappa shape index (κ2) is 7.59. The van der Waals surface area contributed by atoms with Gasteiger partial charge in [-0.05, 0) is 30.3 Å². The Balaban J connectivity index is 1.85. The number of carboxylic acids is 1. The summed E-state index contributed by atoms with van der Waals surface area (Å²) in [5.41, 5.74) is 0.297. The number of ether oxygens (including phenoxy) is 2. The minimum absolute atomic E-state index is 0.297. The lowest BCUT2D eigenvalue weighted by molar-refractivity contribution is 0.0696. The lowest BCUT2D eigenvalue weighted by Crippen LogP contribution is -2.02. The summed E-state index contributed by atoms with van der Waals surface area (Å²) < 4.78 is 10.9. The van der Waals surface area contributed by atoms with E-state index in [-0.39, 0.29) is 0 Å². The number of carboxylic acid groups (broad SMARTS) is 1. The number of hydrogen-bond acceptors (Lipinski definition) is 4. The molecule has 2 aromatic rings. The van der Waals surface area contributed by atoms with Crippen LogP contribution < -0.4 is 9.47 Å². The van der Waals surface area contributed by atoms with Crippen LogP contribution in [0.25, 0.3) is 0 Å². The summed E-state index contributed by atoms with van der Waals surface area (Å²) in [5, 5.41) is 8.94. The molecule has 0 atom stereocenters. The largest absolute Gasteiger partial charge is 0.493 e. The first kappa shape index (κ1) is 15.3. The molecule has 0 saturated heterocycles. The molecule has 0 amide bonds. The Morgan fingerprint density at radius 1 is 1.14 bits per heavy atom. The average Bonchev–Trinajstić information content (AvgIpc) is 2.52. The van der Waals surface area contributed by atoms with E-state index in [1.807, 2.05) is 30.3 Å². The molecule has 0 saturated carbocycles. The maximum Gasteiger partial charge on any atom is 0.335 e. The standard InChI is InChI=1S/C16H16O4S/c1-19-14-7-2-3-8-15(14)20-9-10-21-13-6-4-5-12(11-13)16(17)18/h2-8,11H,9-10H2,1H3,(H,17,18). The first-order valence-corrected chi connectivity index (χ1v) is 7.41. The van der Waals surface area contributed by atoms with Crippen LogP contribution in [0.15, 0.2) is 53.4 Å². The van der Waals surface area contributed by atoms with Crippen molar-refractivity contribution < 1.29 is 19.4 Å². The normalized spacial score (nSPS) is 10.1. The van der Waals surface area contributed by atoms with Crippen LogP contribution in [0.4, 0.5) is 0 Å². The molecule has 0 radical (unpaired) electrons. The molecule has 2 rings (SSSR count). The fourth-order valence-electron chi connectivity index (χ4n) is 1.77. The van der Waals surface area contributed by atoms with Gasteiger partial charge in [0.25, 0.3) is 0 Å². The smallest absolute Gasteiger partial charge is 0.335 e. The molecule has 2 aromatic carbocycles. The molecule has 0 bridgehead atoms. The highest BCUT2D eigenvalue weighted by Crippen LogP contribution is 2.26. The Labute approximate surface area is 127 Å². The highest BCUT2D eigenvalue weighted by atomic mass is 32.2. The molecule has 5 heteroatoms. The number of methoxy groups -OCH3 is 1. The van der Waals surface area contributed by atoms with E-state index in [2.05, 4.69) is 0 Å². The second-order valence-electron chi connectivity index (χ2n) is 4.18. The van der Waals surface area contributed by atoms with Crippen LogP contribution in [0.3, 0.4) is 0 Å². The Morgan fingerprint density at radius 2 is 1.90 bits per heavy atom. The van der Waals surface area contributed by atoms with Crippen molar-refractivity contribution in [3.63, 3.8) is 0 Å². The van der Waals surface area contributed by atoms with Crippen LogP contribution in [0.2, 0.25) is 0 Å². The lowest BCUT2D eigenvalue weighted by atomic mass is 10.2. The predicted octanol–water partition coefficient (Wildman–Crippen LogP) is 3.56. The zero-order chi connectivity index (χ0) is 15.1. The molecular formula is C16H16O4S. The molecule has 0 heterocycles. The molecule has 21 heavy (non-hydrogen) atoms. The Bertz CT molecular complexity index is 613. The van der Waals surface area contributed by atoms with Gasteiger partial charge in [0.05, 0.1) is 19.3 Å². The molecule has 0 unspecified atom stereocenters. The third-order valence-corrected chi connectivity index (χ3v) is 3.72. The summed E-state index contributed by atoms with van der Waals surface area (Å²) in [5.74, 6) is 1.22. The van der Waals surface area contributed by atoms with Gasteiger partial charge in [-0.15, -0.1) is 11.8 Å². The van der Waals surface area contributed by atoms with E-state index in [4.69, 9.17) is 14.6 Å². The van der Waals surface area contributed by atoms with Gasteiger partial charge >= 0.3 is 5.97 Å². The van der Waals surface area contributed by atoms with Crippen LogP contribution in [0.1, 0.15) is 10.4 Å². The fraction of sp³-hybridized carbons (Fsp3) is 0.188. The van der Waals surface area contributed by atoms with Crippen molar-refractivity contribution in [3.8, 4) is 11.5 Å². The van der Waals surface area contributed by atoms with Crippen molar-refractivity contribution in [2.75, 3.05) is 19.5 Å². The van der Waals surface area contributed by atoms with E-state index in [1.165, 1.54) is 0 Å². The number of thioether (sulfide) groups is 1. The number of rotatable bonds is 7. The Hall–Kier alpha value is -2.14. The molecule has 4 nitrogen and oxygen atoms in total. The highest BCUT2D eigenvalue weighted by molar-refractivity contribution is 7.99. The zero-order valence-electron chi connectivity index (χ0n) is 11.6. The van der Waals surface area contributed by atoms with Gasteiger partial charge in [-0.3, -0.25) is 0 Å². The van der Waals surface area contributed by atoms with Gasteiger partial charge in [0.1, 0.15) is 0 Å². The number of aromatic carboxylic acids is 1. The molecule has 0 aromatic heterocycles. The molecule has 110 valence electrons. The third kappa shape index (κ3) is 4.43. The molecule has 1 N–H and O–H groups in total. The number of hydrogen-bond donors (Lipinski definition) is 1. The van der Waals surface area contributed by atoms with Crippen molar-refractivity contribution in [3.05, 3.63) is 54.1 Å². The van der Waals surface area contributed by atoms with Crippen molar-refractivity contribution >= 4 is 17.7 Å². The van der Waals surface area contributed by atoms with Crippen LogP contribution in [-0.2, 0) is 0 Å². The first-order chi connectivity index (χ1) is 10.2. The quantitative estimate of drug-likeness (QED) is 0.626. The highest BCUT2D eigenvalue weighted by Gasteiger charge is 2.05. The van der Waals surface area contributed by atoms with E-state index in [0.29, 0.717) is 23.7 Å². The van der Waals surface area contributed by atoms with Gasteiger partial charge in [0.2, 0.25) is 0 Å². The summed E-state index contributed by atoms with van der Waals surface area (Å²) in [7, 11) is 1.61. The van der Waals surface area contributed by atoms with Crippen molar-refractivity contribution in [2.45, 2.75) is 4.90 Å². The summed E-state index contributed by atoms with van der Waals surface area (Å²) in [6, 6.07) is 14.4. The summed E-state index contributed by atoms with van der Waals surface area (Å²) in [6.45, 7) is 0.516. The van der Waals surface area contributed by atoms with Gasteiger partial charge in [0, 0.05) is 10.6 Å². The number of carbonyl (C=O) groups is 1. The lowest BCUT2D eigenvalue weighted by Gasteiger charge is -2.10. The predicted molar refractivity (Wildman–Crippen MR) is 82.6 cm³/mol.